The summed E-state index contributed by atoms with van der Waals surface area (Å²) in [5.74, 6) is -1.71. The molecule has 0 aromatic rings. The number of carbonyl (C=O) groups excluding carboxylic acids is 3. The van der Waals surface area contributed by atoms with Gasteiger partial charge < -0.3 is 29.7 Å². The van der Waals surface area contributed by atoms with Crippen molar-refractivity contribution in [3.63, 3.8) is 0 Å². The number of fused-ring (bicyclic) bond motifs is 1. The van der Waals surface area contributed by atoms with Crippen LogP contribution in [0.4, 0.5) is 0 Å². The van der Waals surface area contributed by atoms with Crippen LogP contribution in [-0.2, 0) is 33.4 Å². The van der Waals surface area contributed by atoms with Gasteiger partial charge in [-0.05, 0) is 0 Å². The minimum absolute atomic E-state index is 0.0121. The molecular formula is C12H17N3O9. The number of esters is 1. The molecule has 0 spiro atoms. The molecule has 12 nitrogen and oxygen atoms in total. The van der Waals surface area contributed by atoms with Crippen molar-refractivity contribution >= 4 is 17.8 Å². The van der Waals surface area contributed by atoms with Gasteiger partial charge in [0.1, 0.15) is 12.2 Å². The summed E-state index contributed by atoms with van der Waals surface area (Å²) in [6, 6.07) is -0.506. The van der Waals surface area contributed by atoms with Crippen LogP contribution in [-0.4, -0.2) is 73.6 Å². The van der Waals surface area contributed by atoms with E-state index >= 15 is 0 Å². The van der Waals surface area contributed by atoms with Gasteiger partial charge >= 0.3 is 5.97 Å². The van der Waals surface area contributed by atoms with Crippen LogP contribution >= 0.6 is 0 Å². The minimum atomic E-state index is -0.912. The third kappa shape index (κ3) is 4.76. The van der Waals surface area contributed by atoms with Crippen molar-refractivity contribution in [1.82, 2.24) is 10.6 Å². The second kappa shape index (κ2) is 7.88. The number of nitrogens with one attached hydrogen (secondary N) is 2. The predicted molar refractivity (Wildman–Crippen MR) is 72.9 cm³/mol. The summed E-state index contributed by atoms with van der Waals surface area (Å²) in [5, 5.41) is 14.4. The molecule has 0 radical (unpaired) electrons. The fraction of sp³-hybridized carbons (Fsp3) is 0.750. The number of hydrogen-bond donors (Lipinski definition) is 2. The SMILES string of the molecule is CC(=O)OCC(=O)NCC(=O)N[C@@H]1CO[C@@H]2C(O[N+](=O)[O-])CO[C@@H]21. The number of ether oxygens (including phenoxy) is 3. The van der Waals surface area contributed by atoms with Crippen LogP contribution in [0.25, 0.3) is 0 Å². The van der Waals surface area contributed by atoms with Crippen molar-refractivity contribution in [3.8, 4) is 0 Å². The molecule has 2 saturated heterocycles. The van der Waals surface area contributed by atoms with Gasteiger partial charge in [-0.2, -0.15) is 0 Å². The fourth-order valence-corrected chi connectivity index (χ4v) is 2.44. The van der Waals surface area contributed by atoms with Crippen molar-refractivity contribution in [2.24, 2.45) is 0 Å². The Morgan fingerprint density at radius 3 is 2.58 bits per heavy atom. The van der Waals surface area contributed by atoms with E-state index in [-0.39, 0.29) is 19.8 Å². The van der Waals surface area contributed by atoms with Crippen molar-refractivity contribution in [1.29, 1.82) is 0 Å². The van der Waals surface area contributed by atoms with Crippen molar-refractivity contribution < 1.29 is 38.5 Å². The van der Waals surface area contributed by atoms with Gasteiger partial charge in [0.15, 0.2) is 12.7 Å². The molecule has 2 aliphatic rings. The van der Waals surface area contributed by atoms with Crippen LogP contribution in [0.2, 0.25) is 0 Å². The molecule has 2 N–H and O–H groups in total. The molecule has 24 heavy (non-hydrogen) atoms. The van der Waals surface area contributed by atoms with Crippen LogP contribution in [0, 0.1) is 10.1 Å². The van der Waals surface area contributed by atoms with Gasteiger partial charge in [-0.3, -0.25) is 14.4 Å². The van der Waals surface area contributed by atoms with Crippen molar-refractivity contribution in [3.05, 3.63) is 10.1 Å². The number of amides is 2. The van der Waals surface area contributed by atoms with E-state index in [0.717, 1.165) is 6.92 Å². The van der Waals surface area contributed by atoms with Crippen LogP contribution in [0.5, 0.6) is 0 Å². The Morgan fingerprint density at radius 2 is 1.92 bits per heavy atom. The van der Waals surface area contributed by atoms with Crippen LogP contribution in [0.3, 0.4) is 0 Å². The monoisotopic (exact) mass is 347 g/mol. The Hall–Kier alpha value is -2.47. The van der Waals surface area contributed by atoms with Gasteiger partial charge in [-0.15, -0.1) is 10.1 Å². The summed E-state index contributed by atoms with van der Waals surface area (Å²) in [6.07, 6.45) is -2.04. The summed E-state index contributed by atoms with van der Waals surface area (Å²) in [6.45, 7) is 0.474. The minimum Gasteiger partial charge on any atom is -0.456 e. The van der Waals surface area contributed by atoms with Gasteiger partial charge in [0.05, 0.1) is 25.8 Å². The highest BCUT2D eigenvalue weighted by Gasteiger charge is 2.49. The van der Waals surface area contributed by atoms with Crippen LogP contribution < -0.4 is 10.6 Å². The van der Waals surface area contributed by atoms with Crippen molar-refractivity contribution in [2.75, 3.05) is 26.4 Å². The maximum Gasteiger partial charge on any atom is 0.303 e. The Kier molecular flexibility index (Phi) is 5.87. The fourth-order valence-electron chi connectivity index (χ4n) is 2.44. The van der Waals surface area contributed by atoms with E-state index in [1.807, 2.05) is 0 Å². The summed E-state index contributed by atoms with van der Waals surface area (Å²) in [4.78, 5) is 48.5. The van der Waals surface area contributed by atoms with Gasteiger partial charge in [-0.25, -0.2) is 0 Å². The van der Waals surface area contributed by atoms with Gasteiger partial charge in [0.2, 0.25) is 5.91 Å². The first-order valence-corrected chi connectivity index (χ1v) is 7.10. The Labute approximate surface area is 135 Å². The lowest BCUT2D eigenvalue weighted by Crippen LogP contribution is -2.48. The van der Waals surface area contributed by atoms with Crippen LogP contribution in [0.15, 0.2) is 0 Å². The topological polar surface area (TPSA) is 155 Å². The molecule has 2 fully saturated rings. The maximum absolute atomic E-state index is 11.8. The maximum atomic E-state index is 11.8. The van der Waals surface area contributed by atoms with E-state index in [1.165, 1.54) is 0 Å². The zero-order chi connectivity index (χ0) is 17.7. The summed E-state index contributed by atoms with van der Waals surface area (Å²) < 4.78 is 15.2. The molecule has 0 aliphatic carbocycles. The number of hydrogen-bond acceptors (Lipinski definition) is 9. The van der Waals surface area contributed by atoms with E-state index in [0.29, 0.717) is 0 Å². The molecule has 134 valence electrons. The van der Waals surface area contributed by atoms with Gasteiger partial charge in [0.25, 0.3) is 11.0 Å². The molecule has 0 saturated carbocycles. The Bertz CT molecular complexity index is 526. The summed E-state index contributed by atoms with van der Waals surface area (Å²) in [5.41, 5.74) is 0. The van der Waals surface area contributed by atoms with E-state index in [2.05, 4.69) is 20.2 Å². The smallest absolute Gasteiger partial charge is 0.303 e. The van der Waals surface area contributed by atoms with E-state index in [1.54, 1.807) is 0 Å². The van der Waals surface area contributed by atoms with Gasteiger partial charge in [0, 0.05) is 6.92 Å². The third-order valence-electron chi connectivity index (χ3n) is 3.43. The lowest BCUT2D eigenvalue weighted by molar-refractivity contribution is -0.769. The first-order chi connectivity index (χ1) is 11.4. The van der Waals surface area contributed by atoms with Crippen LogP contribution in [0.1, 0.15) is 6.92 Å². The zero-order valence-electron chi connectivity index (χ0n) is 12.8. The first kappa shape index (κ1) is 17.9. The lowest BCUT2D eigenvalue weighted by Gasteiger charge is -2.17. The molecule has 12 heteroatoms. The number of rotatable bonds is 7. The highest BCUT2D eigenvalue weighted by molar-refractivity contribution is 5.86. The molecule has 2 amide bonds. The molecular weight excluding hydrogens is 330 g/mol. The van der Waals surface area contributed by atoms with E-state index < -0.39 is 53.8 Å². The molecule has 0 aromatic heterocycles. The average molecular weight is 347 g/mol. The first-order valence-electron chi connectivity index (χ1n) is 7.10. The molecule has 0 aromatic carbocycles. The Morgan fingerprint density at radius 1 is 1.21 bits per heavy atom. The largest absolute Gasteiger partial charge is 0.456 e. The van der Waals surface area contributed by atoms with E-state index in [4.69, 9.17) is 9.47 Å². The number of nitrogens with zero attached hydrogens (tertiary/aromatic N) is 1. The molecule has 2 heterocycles. The molecule has 1 unspecified atom stereocenters. The quantitative estimate of drug-likeness (QED) is 0.289. The van der Waals surface area contributed by atoms with Gasteiger partial charge in [-0.1, -0.05) is 0 Å². The highest BCUT2D eigenvalue weighted by Crippen LogP contribution is 2.28. The predicted octanol–water partition coefficient (Wildman–Crippen LogP) is -2.47. The second-order valence-electron chi connectivity index (χ2n) is 5.19. The average Bonchev–Trinajstić information content (AvgIpc) is 3.07. The normalized spacial score (nSPS) is 27.9. The highest BCUT2D eigenvalue weighted by atomic mass is 17.0. The number of carbonyl (C=O) groups is 3. The lowest BCUT2D eigenvalue weighted by atomic mass is 10.1. The molecule has 0 bridgehead atoms. The summed E-state index contributed by atoms with van der Waals surface area (Å²) in [7, 11) is 0. The Balaban J connectivity index is 1.72. The second-order valence-corrected chi connectivity index (χ2v) is 5.19. The zero-order valence-corrected chi connectivity index (χ0v) is 12.8. The van der Waals surface area contributed by atoms with E-state index in [9.17, 15) is 24.5 Å². The molecule has 2 aliphatic heterocycles. The molecule has 4 atom stereocenters. The van der Waals surface area contributed by atoms with Crippen molar-refractivity contribution in [2.45, 2.75) is 31.3 Å². The summed E-state index contributed by atoms with van der Waals surface area (Å²) >= 11 is 0. The standard InChI is InChI=1S/C12H17N3O9/c1-6(16)21-5-10(18)13-2-9(17)14-7-3-22-12-8(24-15(19)20)4-23-11(7)12/h7-8,11-12H,2-5H2,1H3,(H,13,18)(H,14,17)/t7-,8?,11-,12-/m1/s1. The third-order valence-corrected chi connectivity index (χ3v) is 3.43. The molecule has 2 rings (SSSR count).